The number of anilines is 1. The second kappa shape index (κ2) is 8.23. The molecule has 146 valence electrons. The number of hydrogen-bond donors (Lipinski definition) is 2. The summed E-state index contributed by atoms with van der Waals surface area (Å²) in [5.74, 6) is 5.56. The number of rotatable bonds is 5. The zero-order chi connectivity index (χ0) is 20.3. The van der Waals surface area contributed by atoms with E-state index in [2.05, 4.69) is 31.4 Å². The van der Waals surface area contributed by atoms with E-state index in [9.17, 15) is 18.0 Å². The number of benzene rings is 2. The second-order valence-electron chi connectivity index (χ2n) is 5.57. The number of nitrogens with one attached hydrogen (secondary N) is 1. The first-order valence-electron chi connectivity index (χ1n) is 7.81. The zero-order valence-electron chi connectivity index (χ0n) is 14.1. The highest BCUT2D eigenvalue weighted by Crippen LogP contribution is 2.36. The van der Waals surface area contributed by atoms with Gasteiger partial charge in [0.1, 0.15) is 0 Å². The molecule has 0 aliphatic heterocycles. The summed E-state index contributed by atoms with van der Waals surface area (Å²) in [6.45, 7) is 0. The Bertz CT molecular complexity index is 994. The number of carbonyl (C=O) groups excluding carboxylic acids is 1. The van der Waals surface area contributed by atoms with Gasteiger partial charge >= 0.3 is 6.18 Å². The molecule has 11 heteroatoms. The molecule has 3 N–H and O–H groups in total. The predicted octanol–water partition coefficient (Wildman–Crippen LogP) is 4.17. The first-order chi connectivity index (χ1) is 13.3. The molecule has 1 aromatic heterocycles. The number of alkyl halides is 3. The van der Waals surface area contributed by atoms with Gasteiger partial charge in [-0.25, -0.2) is 4.68 Å². The molecule has 0 unspecified atom stereocenters. The minimum absolute atomic E-state index is 0.183. The quantitative estimate of drug-likeness (QED) is 0.430. The van der Waals surface area contributed by atoms with E-state index in [1.54, 1.807) is 12.1 Å². The Balaban J connectivity index is 1.69. The minimum atomic E-state index is -4.60. The van der Waals surface area contributed by atoms with E-state index in [4.69, 9.17) is 5.84 Å². The third-order valence-corrected chi connectivity index (χ3v) is 5.03. The summed E-state index contributed by atoms with van der Waals surface area (Å²) >= 11 is 3.97. The molecule has 0 atom stereocenters. The molecule has 6 nitrogen and oxygen atoms in total. The van der Waals surface area contributed by atoms with Gasteiger partial charge in [0, 0.05) is 10.0 Å². The molecule has 0 fully saturated rings. The SMILES string of the molecule is Nn1c(SCC(=O)Nc2ccc(Br)cc2C(F)(F)F)nnc1-c1ccccc1. The number of nitrogens with two attached hydrogens (primary N) is 1. The number of nitrogens with zero attached hydrogens (tertiary/aromatic N) is 3. The maximum atomic E-state index is 13.1. The molecule has 1 amide bonds. The molecule has 0 saturated heterocycles. The number of hydrogen-bond acceptors (Lipinski definition) is 5. The van der Waals surface area contributed by atoms with E-state index in [0.717, 1.165) is 23.4 Å². The fourth-order valence-corrected chi connectivity index (χ4v) is 3.35. The topological polar surface area (TPSA) is 85.8 Å². The molecule has 1 heterocycles. The lowest BCUT2D eigenvalue weighted by atomic mass is 10.1. The smallest absolute Gasteiger partial charge is 0.335 e. The van der Waals surface area contributed by atoms with Crippen LogP contribution in [0.25, 0.3) is 11.4 Å². The average molecular weight is 472 g/mol. The van der Waals surface area contributed by atoms with Crippen LogP contribution in [0.15, 0.2) is 58.2 Å². The van der Waals surface area contributed by atoms with Gasteiger partial charge in [-0.15, -0.1) is 10.2 Å². The third kappa shape index (κ3) is 4.65. The highest BCUT2D eigenvalue weighted by molar-refractivity contribution is 9.10. The lowest BCUT2D eigenvalue weighted by molar-refractivity contribution is -0.137. The number of thioether (sulfide) groups is 1. The zero-order valence-corrected chi connectivity index (χ0v) is 16.5. The third-order valence-electron chi connectivity index (χ3n) is 3.59. The second-order valence-corrected chi connectivity index (χ2v) is 7.42. The number of halogens is 4. The summed E-state index contributed by atoms with van der Waals surface area (Å²) in [6.07, 6.45) is -4.60. The van der Waals surface area contributed by atoms with E-state index in [1.807, 2.05) is 18.2 Å². The largest absolute Gasteiger partial charge is 0.418 e. The molecule has 0 radical (unpaired) electrons. The van der Waals surface area contributed by atoms with Crippen molar-refractivity contribution in [3.05, 3.63) is 58.6 Å². The molecule has 0 bridgehead atoms. The highest BCUT2D eigenvalue weighted by Gasteiger charge is 2.34. The maximum absolute atomic E-state index is 13.1. The molecule has 2 aromatic carbocycles. The van der Waals surface area contributed by atoms with Crippen LogP contribution in [0.5, 0.6) is 0 Å². The summed E-state index contributed by atoms with van der Waals surface area (Å²) < 4.78 is 40.9. The summed E-state index contributed by atoms with van der Waals surface area (Å²) in [4.78, 5) is 12.1. The standard InChI is InChI=1S/C17H13BrF3N5OS/c18-11-6-7-13(12(8-11)17(19,20)21)23-14(27)9-28-16-25-24-15(26(16)22)10-4-2-1-3-5-10/h1-8H,9,22H2,(H,23,27). The van der Waals surface area contributed by atoms with Crippen molar-refractivity contribution in [1.29, 1.82) is 0 Å². The van der Waals surface area contributed by atoms with Gasteiger partial charge in [-0.3, -0.25) is 4.79 Å². The molecule has 3 aromatic rings. The summed E-state index contributed by atoms with van der Waals surface area (Å²) in [7, 11) is 0. The van der Waals surface area contributed by atoms with Gasteiger partial charge < -0.3 is 11.2 Å². The van der Waals surface area contributed by atoms with Crippen molar-refractivity contribution in [2.24, 2.45) is 0 Å². The molecule has 0 saturated carbocycles. The van der Waals surface area contributed by atoms with Crippen molar-refractivity contribution in [3.63, 3.8) is 0 Å². The first kappa shape index (κ1) is 20.2. The lowest BCUT2D eigenvalue weighted by Crippen LogP contribution is -2.19. The number of carbonyl (C=O) groups is 1. The van der Waals surface area contributed by atoms with Gasteiger partial charge in [0.2, 0.25) is 11.1 Å². The van der Waals surface area contributed by atoms with E-state index in [1.165, 1.54) is 16.8 Å². The van der Waals surface area contributed by atoms with Gasteiger partial charge in [-0.1, -0.05) is 58.0 Å². The van der Waals surface area contributed by atoms with Crippen LogP contribution in [0.2, 0.25) is 0 Å². The van der Waals surface area contributed by atoms with Crippen LogP contribution < -0.4 is 11.2 Å². The Morgan fingerprint density at radius 1 is 1.18 bits per heavy atom. The van der Waals surface area contributed by atoms with Crippen LogP contribution in [-0.4, -0.2) is 26.5 Å². The molecular formula is C17H13BrF3N5OS. The van der Waals surface area contributed by atoms with Crippen LogP contribution in [-0.2, 0) is 11.0 Å². The Morgan fingerprint density at radius 2 is 1.89 bits per heavy atom. The van der Waals surface area contributed by atoms with Crippen molar-refractivity contribution < 1.29 is 18.0 Å². The number of amides is 1. The minimum Gasteiger partial charge on any atom is -0.335 e. The van der Waals surface area contributed by atoms with Crippen molar-refractivity contribution in [2.45, 2.75) is 11.3 Å². The average Bonchev–Trinajstić information content (AvgIpc) is 3.02. The molecular weight excluding hydrogens is 459 g/mol. The normalized spacial score (nSPS) is 11.4. The summed E-state index contributed by atoms with van der Waals surface area (Å²) in [6, 6.07) is 12.6. The Hall–Kier alpha value is -2.53. The van der Waals surface area contributed by atoms with Crippen molar-refractivity contribution in [1.82, 2.24) is 14.9 Å². The summed E-state index contributed by atoms with van der Waals surface area (Å²) in [5.41, 5.74) is -0.507. The molecule has 0 spiro atoms. The fourth-order valence-electron chi connectivity index (χ4n) is 2.34. The van der Waals surface area contributed by atoms with Crippen LogP contribution in [0, 0.1) is 0 Å². The van der Waals surface area contributed by atoms with Crippen molar-refractivity contribution in [2.75, 3.05) is 16.9 Å². The van der Waals surface area contributed by atoms with E-state index in [0.29, 0.717) is 5.82 Å². The van der Waals surface area contributed by atoms with Crippen molar-refractivity contribution in [3.8, 4) is 11.4 Å². The number of aromatic nitrogens is 3. The Labute approximate surface area is 170 Å². The van der Waals surface area contributed by atoms with E-state index in [-0.39, 0.29) is 21.1 Å². The van der Waals surface area contributed by atoms with Gasteiger partial charge in [-0.05, 0) is 18.2 Å². The highest BCUT2D eigenvalue weighted by atomic mass is 79.9. The molecule has 28 heavy (non-hydrogen) atoms. The van der Waals surface area contributed by atoms with E-state index < -0.39 is 17.6 Å². The molecule has 0 aliphatic carbocycles. The molecule has 3 rings (SSSR count). The van der Waals surface area contributed by atoms with Crippen molar-refractivity contribution >= 4 is 39.3 Å². The van der Waals surface area contributed by atoms with Crippen LogP contribution in [0.4, 0.5) is 18.9 Å². The predicted molar refractivity (Wildman–Crippen MR) is 104 cm³/mol. The number of nitrogen functional groups attached to an aromatic ring is 1. The van der Waals surface area contributed by atoms with Crippen LogP contribution >= 0.6 is 27.7 Å². The Kier molecular flexibility index (Phi) is 5.94. The van der Waals surface area contributed by atoms with Gasteiger partial charge in [-0.2, -0.15) is 13.2 Å². The maximum Gasteiger partial charge on any atom is 0.418 e. The fraction of sp³-hybridized carbons (Fsp3) is 0.118. The van der Waals surface area contributed by atoms with Gasteiger partial charge in [0.25, 0.3) is 0 Å². The summed E-state index contributed by atoms with van der Waals surface area (Å²) in [5, 5.41) is 10.4. The van der Waals surface area contributed by atoms with Gasteiger partial charge in [0.15, 0.2) is 5.82 Å². The monoisotopic (exact) mass is 471 g/mol. The molecule has 0 aliphatic rings. The van der Waals surface area contributed by atoms with Gasteiger partial charge in [0.05, 0.1) is 17.0 Å². The first-order valence-corrected chi connectivity index (χ1v) is 9.59. The van der Waals surface area contributed by atoms with E-state index >= 15 is 0 Å². The lowest BCUT2D eigenvalue weighted by Gasteiger charge is -2.14. The van der Waals surface area contributed by atoms with Crippen LogP contribution in [0.1, 0.15) is 5.56 Å². The van der Waals surface area contributed by atoms with Crippen LogP contribution in [0.3, 0.4) is 0 Å². The Morgan fingerprint density at radius 3 is 2.57 bits per heavy atom.